The predicted octanol–water partition coefficient (Wildman–Crippen LogP) is 3.23. The Balaban J connectivity index is 0.00000144. The van der Waals surface area contributed by atoms with Crippen LogP contribution in [0.15, 0.2) is 24.3 Å². The molecule has 0 radical (unpaired) electrons. The molecule has 0 spiro atoms. The average Bonchev–Trinajstić information content (AvgIpc) is 2.31. The van der Waals surface area contributed by atoms with Crippen molar-refractivity contribution in [1.82, 2.24) is 0 Å². The van der Waals surface area contributed by atoms with Crippen LogP contribution in [-0.4, -0.2) is 18.2 Å². The van der Waals surface area contributed by atoms with Crippen LogP contribution in [0.3, 0.4) is 0 Å². The van der Waals surface area contributed by atoms with Gasteiger partial charge < -0.3 is 10.2 Å². The van der Waals surface area contributed by atoms with E-state index >= 15 is 0 Å². The SMILES string of the molecule is Cc1ccccc1C(C)CC1CCCCO1.O. The van der Waals surface area contributed by atoms with E-state index in [0.29, 0.717) is 12.0 Å². The second-order valence-electron chi connectivity index (χ2n) is 4.98. The van der Waals surface area contributed by atoms with E-state index in [0.717, 1.165) is 6.61 Å². The lowest BCUT2D eigenvalue weighted by Gasteiger charge is -2.26. The fourth-order valence-corrected chi connectivity index (χ4v) is 2.65. The van der Waals surface area contributed by atoms with Crippen LogP contribution in [0.5, 0.6) is 0 Å². The number of hydrogen-bond acceptors (Lipinski definition) is 1. The van der Waals surface area contributed by atoms with E-state index in [1.807, 2.05) is 0 Å². The Morgan fingerprint density at radius 1 is 1.29 bits per heavy atom. The summed E-state index contributed by atoms with van der Waals surface area (Å²) in [6, 6.07) is 8.71. The quantitative estimate of drug-likeness (QED) is 0.794. The van der Waals surface area contributed by atoms with Gasteiger partial charge in [-0.25, -0.2) is 0 Å². The second-order valence-corrected chi connectivity index (χ2v) is 4.98. The molecule has 2 atom stereocenters. The van der Waals surface area contributed by atoms with Gasteiger partial charge in [0.25, 0.3) is 0 Å². The van der Waals surface area contributed by atoms with E-state index < -0.39 is 0 Å². The topological polar surface area (TPSA) is 40.7 Å². The van der Waals surface area contributed by atoms with Crippen molar-refractivity contribution in [3.63, 3.8) is 0 Å². The van der Waals surface area contributed by atoms with Crippen LogP contribution in [-0.2, 0) is 4.74 Å². The molecule has 0 aromatic heterocycles. The maximum Gasteiger partial charge on any atom is 0.0580 e. The van der Waals surface area contributed by atoms with Gasteiger partial charge >= 0.3 is 0 Å². The van der Waals surface area contributed by atoms with Gasteiger partial charge in [-0.2, -0.15) is 0 Å². The van der Waals surface area contributed by atoms with Crippen molar-refractivity contribution in [2.24, 2.45) is 0 Å². The van der Waals surface area contributed by atoms with Gasteiger partial charge in [0.15, 0.2) is 0 Å². The molecule has 1 aromatic rings. The second kappa shape index (κ2) is 6.77. The van der Waals surface area contributed by atoms with Crippen LogP contribution in [0.1, 0.15) is 49.7 Å². The highest BCUT2D eigenvalue weighted by atomic mass is 16.5. The summed E-state index contributed by atoms with van der Waals surface area (Å²) in [6.45, 7) is 5.49. The highest BCUT2D eigenvalue weighted by Gasteiger charge is 2.18. The fourth-order valence-electron chi connectivity index (χ4n) is 2.65. The molecule has 0 aliphatic carbocycles. The molecule has 2 N–H and O–H groups in total. The van der Waals surface area contributed by atoms with Gasteiger partial charge in [-0.05, 0) is 49.7 Å². The zero-order valence-electron chi connectivity index (χ0n) is 10.9. The zero-order chi connectivity index (χ0) is 11.4. The van der Waals surface area contributed by atoms with Gasteiger partial charge in [0.1, 0.15) is 0 Å². The van der Waals surface area contributed by atoms with Gasteiger partial charge in [-0.3, -0.25) is 0 Å². The summed E-state index contributed by atoms with van der Waals surface area (Å²) in [4.78, 5) is 0. The third-order valence-electron chi connectivity index (χ3n) is 3.61. The Bertz CT molecular complexity index is 329. The normalized spacial score (nSPS) is 21.6. The first kappa shape index (κ1) is 14.2. The average molecular weight is 236 g/mol. The van der Waals surface area contributed by atoms with E-state index in [-0.39, 0.29) is 5.48 Å². The molecule has 2 unspecified atom stereocenters. The third-order valence-corrected chi connectivity index (χ3v) is 3.61. The molecule has 2 heteroatoms. The van der Waals surface area contributed by atoms with E-state index in [1.165, 1.54) is 36.8 Å². The van der Waals surface area contributed by atoms with E-state index in [4.69, 9.17) is 4.74 Å². The van der Waals surface area contributed by atoms with Gasteiger partial charge in [0, 0.05) is 6.61 Å². The molecule has 2 rings (SSSR count). The molecule has 1 heterocycles. The van der Waals surface area contributed by atoms with Crippen LogP contribution in [0, 0.1) is 6.92 Å². The summed E-state index contributed by atoms with van der Waals surface area (Å²) in [5, 5.41) is 0. The summed E-state index contributed by atoms with van der Waals surface area (Å²) in [5.41, 5.74) is 2.89. The number of hydrogen-bond donors (Lipinski definition) is 0. The largest absolute Gasteiger partial charge is 0.412 e. The molecule has 0 amide bonds. The Labute approximate surface area is 104 Å². The van der Waals surface area contributed by atoms with Gasteiger partial charge in [-0.15, -0.1) is 0 Å². The van der Waals surface area contributed by atoms with Crippen LogP contribution < -0.4 is 0 Å². The predicted molar refractivity (Wildman–Crippen MR) is 71.4 cm³/mol. The molecule has 0 bridgehead atoms. The van der Waals surface area contributed by atoms with Crippen LogP contribution in [0.2, 0.25) is 0 Å². The molecule has 1 fully saturated rings. The Kier molecular flexibility index (Phi) is 5.66. The van der Waals surface area contributed by atoms with E-state index in [9.17, 15) is 0 Å². The molecule has 1 saturated heterocycles. The first-order valence-corrected chi connectivity index (χ1v) is 6.44. The Morgan fingerprint density at radius 3 is 2.71 bits per heavy atom. The lowest BCUT2D eigenvalue weighted by atomic mass is 9.90. The van der Waals surface area contributed by atoms with Gasteiger partial charge in [0.05, 0.1) is 6.10 Å². The Morgan fingerprint density at radius 2 is 2.06 bits per heavy atom. The van der Waals surface area contributed by atoms with Crippen LogP contribution >= 0.6 is 0 Å². The van der Waals surface area contributed by atoms with Crippen molar-refractivity contribution in [3.8, 4) is 0 Å². The minimum atomic E-state index is 0. The van der Waals surface area contributed by atoms with Crippen LogP contribution in [0.25, 0.3) is 0 Å². The zero-order valence-corrected chi connectivity index (χ0v) is 10.9. The lowest BCUT2D eigenvalue weighted by molar-refractivity contribution is 0.00789. The van der Waals surface area contributed by atoms with E-state index in [1.54, 1.807) is 0 Å². The van der Waals surface area contributed by atoms with E-state index in [2.05, 4.69) is 38.1 Å². The maximum absolute atomic E-state index is 5.81. The van der Waals surface area contributed by atoms with Crippen LogP contribution in [0.4, 0.5) is 0 Å². The van der Waals surface area contributed by atoms with Crippen molar-refractivity contribution in [1.29, 1.82) is 0 Å². The molecular formula is C15H24O2. The standard InChI is InChI=1S/C15H22O.H2O/c1-12-7-3-4-9-15(12)13(2)11-14-8-5-6-10-16-14;/h3-4,7,9,13-14H,5-6,8,10-11H2,1-2H3;1H2. The molecule has 2 nitrogen and oxygen atoms in total. The molecule has 1 aliphatic heterocycles. The van der Waals surface area contributed by atoms with Crippen molar-refractivity contribution >= 4 is 0 Å². The number of ether oxygens (including phenoxy) is 1. The molecule has 96 valence electrons. The molecule has 1 aromatic carbocycles. The smallest absolute Gasteiger partial charge is 0.0580 e. The summed E-state index contributed by atoms with van der Waals surface area (Å²) >= 11 is 0. The number of rotatable bonds is 3. The van der Waals surface area contributed by atoms with Crippen molar-refractivity contribution < 1.29 is 10.2 Å². The molecule has 1 aliphatic rings. The molecule has 0 saturated carbocycles. The van der Waals surface area contributed by atoms with Crippen molar-refractivity contribution in [3.05, 3.63) is 35.4 Å². The summed E-state index contributed by atoms with van der Waals surface area (Å²) < 4.78 is 5.81. The fraction of sp³-hybridized carbons (Fsp3) is 0.600. The lowest BCUT2D eigenvalue weighted by Crippen LogP contribution is -2.21. The minimum Gasteiger partial charge on any atom is -0.412 e. The third kappa shape index (κ3) is 3.83. The highest BCUT2D eigenvalue weighted by Crippen LogP contribution is 2.27. The first-order chi connectivity index (χ1) is 7.77. The summed E-state index contributed by atoms with van der Waals surface area (Å²) in [6.07, 6.45) is 5.49. The molecular weight excluding hydrogens is 212 g/mol. The molecule has 17 heavy (non-hydrogen) atoms. The monoisotopic (exact) mass is 236 g/mol. The summed E-state index contributed by atoms with van der Waals surface area (Å²) in [7, 11) is 0. The van der Waals surface area contributed by atoms with Gasteiger partial charge in [0.2, 0.25) is 0 Å². The minimum absolute atomic E-state index is 0. The van der Waals surface area contributed by atoms with Crippen molar-refractivity contribution in [2.45, 2.75) is 51.6 Å². The van der Waals surface area contributed by atoms with Gasteiger partial charge in [-0.1, -0.05) is 31.2 Å². The summed E-state index contributed by atoms with van der Waals surface area (Å²) in [5.74, 6) is 0.615. The first-order valence-electron chi connectivity index (χ1n) is 6.44. The maximum atomic E-state index is 5.81. The highest BCUT2D eigenvalue weighted by molar-refractivity contribution is 5.28. The number of benzene rings is 1. The number of aryl methyl sites for hydroxylation is 1. The Hall–Kier alpha value is -0.860. The van der Waals surface area contributed by atoms with Crippen molar-refractivity contribution in [2.75, 3.05) is 6.61 Å².